The van der Waals surface area contributed by atoms with Crippen LogP contribution >= 0.6 is 127 Å². The fraction of sp³-hybridized carbons (Fsp3) is 0.265. The number of aromatic nitrogens is 10. The normalized spacial score (nSPS) is 16.2. The van der Waals surface area contributed by atoms with Gasteiger partial charge in [-0.1, -0.05) is 123 Å². The monoisotopic (exact) mass is 1730 g/mol. The number of halogens is 7. The van der Waals surface area contributed by atoms with Gasteiger partial charge in [0.05, 0.1) is 60.1 Å². The maximum absolute atomic E-state index is 13.1. The number of nitrogens with two attached hydrogens (primary N) is 9. The molecule has 0 bridgehead atoms. The van der Waals surface area contributed by atoms with E-state index < -0.39 is 11.0 Å². The number of nitrogen functional groups attached to an aromatic ring is 8. The minimum Gasteiger partial charge on any atom is -0.778 e. The van der Waals surface area contributed by atoms with E-state index >= 15 is 0 Å². The van der Waals surface area contributed by atoms with Gasteiger partial charge in [0.15, 0.2) is 0 Å². The summed E-state index contributed by atoms with van der Waals surface area (Å²) in [4.78, 5) is 51.9. The molecule has 10 aromatic rings. The molecule has 23 nitrogen and oxygen atoms in total. The second kappa shape index (κ2) is 36.5. The summed E-state index contributed by atoms with van der Waals surface area (Å²) in [7, 11) is -1.18. The van der Waals surface area contributed by atoms with Gasteiger partial charge < -0.3 is 74.0 Å². The maximum Gasteiger partial charge on any atom is 1.00 e. The van der Waals surface area contributed by atoms with Gasteiger partial charge in [0.1, 0.15) is 68.5 Å². The fourth-order valence-corrected chi connectivity index (χ4v) is 16.9. The quantitative estimate of drug-likeness (QED) is 0.0263. The van der Waals surface area contributed by atoms with Gasteiger partial charge in [-0.05, 0) is 183 Å². The molecular weight excluding hydrogens is 1660 g/mol. The molecule has 3 atom stereocenters. The summed E-state index contributed by atoms with van der Waals surface area (Å²) in [6.45, 7) is 9.46. The first-order chi connectivity index (χ1) is 49.0. The molecule has 2 saturated heterocycles. The van der Waals surface area contributed by atoms with Crippen LogP contribution < -0.4 is 95.7 Å². The van der Waals surface area contributed by atoms with E-state index in [-0.39, 0.29) is 63.0 Å². The van der Waals surface area contributed by atoms with Gasteiger partial charge in [-0.25, -0.2) is 48.8 Å². The molecule has 36 heteroatoms. The van der Waals surface area contributed by atoms with Gasteiger partial charge in [-0.2, -0.15) is 4.90 Å². The number of pyridine rings is 10. The van der Waals surface area contributed by atoms with Crippen LogP contribution in [0.25, 0.3) is 0 Å². The summed E-state index contributed by atoms with van der Waals surface area (Å²) in [6, 6.07) is 30.2. The topological polar surface area (TPSA) is 399 Å². The Kier molecular flexibility index (Phi) is 28.9. The van der Waals surface area contributed by atoms with E-state index in [1.54, 1.807) is 48.9 Å². The number of rotatable bonds is 10. The zero-order chi connectivity index (χ0) is 74.1. The van der Waals surface area contributed by atoms with Crippen molar-refractivity contribution in [3.63, 3.8) is 0 Å². The Hall–Kier alpha value is -5.69. The van der Waals surface area contributed by atoms with Crippen LogP contribution in [0.15, 0.2) is 169 Å². The van der Waals surface area contributed by atoms with Crippen LogP contribution in [0, 0.1) is 14.4 Å². The Morgan fingerprint density at radius 3 is 1.27 bits per heavy atom. The minimum atomic E-state index is -1.18. The van der Waals surface area contributed by atoms with Crippen molar-refractivity contribution in [3.8, 4) is 0 Å². The van der Waals surface area contributed by atoms with Crippen LogP contribution in [0.3, 0.4) is 0 Å². The molecule has 0 aromatic carbocycles. The molecular formula is C68H72Cl6IN22NaOS5. The van der Waals surface area contributed by atoms with E-state index in [0.29, 0.717) is 76.0 Å². The van der Waals surface area contributed by atoms with E-state index in [1.807, 2.05) is 87.8 Å². The molecule has 19 N–H and O–H groups in total. The Bertz CT molecular complexity index is 4700. The van der Waals surface area contributed by atoms with Gasteiger partial charge in [-0.15, -0.1) is 0 Å². The van der Waals surface area contributed by atoms with Gasteiger partial charge >= 0.3 is 29.6 Å². The number of piperidine rings is 2. The van der Waals surface area contributed by atoms with Crippen LogP contribution in [0.2, 0.25) is 30.4 Å². The predicted octanol–water partition coefficient (Wildman–Crippen LogP) is 11.7. The molecule has 10 aromatic heterocycles. The van der Waals surface area contributed by atoms with E-state index in [1.165, 1.54) is 52.6 Å². The van der Waals surface area contributed by atoms with Gasteiger partial charge in [-0.3, -0.25) is 9.97 Å². The van der Waals surface area contributed by atoms with Gasteiger partial charge in [0, 0.05) is 95.5 Å². The second-order valence-corrected chi connectivity index (χ2v) is 34.1. The summed E-state index contributed by atoms with van der Waals surface area (Å²) < 4.78 is 17.2. The molecule has 2 aliphatic carbocycles. The number of hydrogen-bond acceptors (Lipinski definition) is 26. The summed E-state index contributed by atoms with van der Waals surface area (Å²) in [6.07, 6.45) is 15.8. The molecule has 104 heavy (non-hydrogen) atoms. The first-order valence-corrected chi connectivity index (χ1v) is 39.0. The fourth-order valence-electron chi connectivity index (χ4n) is 11.8. The van der Waals surface area contributed by atoms with Crippen molar-refractivity contribution in [1.29, 1.82) is 0 Å². The summed E-state index contributed by atoms with van der Waals surface area (Å²) >= 11 is 46.5. The molecule has 2 spiro atoms. The molecule has 14 rings (SSSR count). The molecule has 540 valence electrons. The molecule has 2 fully saturated rings. The largest absolute Gasteiger partial charge is 1.00 e. The maximum atomic E-state index is 13.1. The van der Waals surface area contributed by atoms with Crippen LogP contribution in [0.4, 0.5) is 58.2 Å². The zero-order valence-corrected chi connectivity index (χ0v) is 69.4. The van der Waals surface area contributed by atoms with Crippen molar-refractivity contribution in [3.05, 3.63) is 191 Å². The Balaban J connectivity index is 0.000000167. The smallest absolute Gasteiger partial charge is 0.778 e. The first kappa shape index (κ1) is 82.4. The second-order valence-electron chi connectivity index (χ2n) is 25.0. The molecule has 0 saturated carbocycles. The van der Waals surface area contributed by atoms with E-state index in [0.717, 1.165) is 121 Å². The molecule has 0 radical (unpaired) electrons. The number of hydrogen-bond donors (Lipinski definition) is 10. The Morgan fingerprint density at radius 1 is 0.481 bits per heavy atom. The van der Waals surface area contributed by atoms with Crippen LogP contribution in [-0.2, 0) is 36.5 Å². The van der Waals surface area contributed by atoms with Crippen LogP contribution in [-0.4, -0.2) is 85.0 Å². The third-order valence-corrected chi connectivity index (χ3v) is 26.0. The average Bonchev–Trinajstić information content (AvgIpc) is 1.60. The van der Waals surface area contributed by atoms with Crippen molar-refractivity contribution in [1.82, 2.24) is 54.6 Å². The van der Waals surface area contributed by atoms with E-state index in [2.05, 4.69) is 94.1 Å². The third-order valence-electron chi connectivity index (χ3n) is 17.4. The van der Waals surface area contributed by atoms with E-state index in [9.17, 15) is 4.21 Å². The molecule has 0 amide bonds. The number of anilines is 10. The predicted molar refractivity (Wildman–Crippen MR) is 434 cm³/mol. The van der Waals surface area contributed by atoms with Crippen LogP contribution in [0.5, 0.6) is 0 Å². The van der Waals surface area contributed by atoms with Crippen molar-refractivity contribution in [2.45, 2.75) is 110 Å². The van der Waals surface area contributed by atoms with Crippen molar-refractivity contribution >= 4 is 209 Å². The summed E-state index contributed by atoms with van der Waals surface area (Å²) in [5.74, 6) is 4.70. The zero-order valence-electron chi connectivity index (χ0n) is 56.6. The standard InChI is InChI=1S/C26H32ClN7OS2.C22H24ClN7S.C10H8Cl2N4S.C5H4ClIN2.C5H5ClN2S.Na/c1-25(2,3)37(35)33-22-16-5-4-11-30-17(16)15-26(22)9-13-34(14-10-26)20-7-6-19(23(28)32-20)36-18-8-12-31-24(29)21(18)27;23-18-15(5-9-28-21(18)26)31-16-3-4-17(29-20(16)25)30-10-6-22(7-11-30)12-14-13(19(22)24)2-1-8-27-14;11-7-2-1-6(9(13)16-7)17-5-3-4-15-10(14)8(5)12;6-4-2-1-3(7)5(8)9-4;6-4-3(9)1-2-8-5(4)7;/h4-8,11-12,22,33H,9-10,13-15H2,1-3H3,(H2,28,32)(H2,29,31);1-5,8-9,19H,6-7,10-12,24H2,(H2,25,29)(H2,26,28);1-4H,(H2,13,16)(H2,14,15);1-2H,(H2,8,9);1-2H,(H3,7,8,9);/q;;;;;+1/p-1/t22-,37-;19-;;;;/m11..../s1. The van der Waals surface area contributed by atoms with Gasteiger partial charge in [0.2, 0.25) is 0 Å². The summed E-state index contributed by atoms with van der Waals surface area (Å²) in [5.41, 5.74) is 57.7. The minimum absolute atomic E-state index is 0. The molecule has 12 heterocycles. The van der Waals surface area contributed by atoms with Crippen LogP contribution in [0.1, 0.15) is 81.1 Å². The molecule has 0 unspecified atom stereocenters. The SMILES string of the molecule is CC(C)(C)[S@@](=O)N[C@@H]1c2cccnc2CC12CCN(c1ccc(Sc3ccnc(N)c3Cl)c(N)n1)CC2.Nc1nc(Cl)ccc1I.Nc1nc(Cl)ccc1Sc1ccnc(N)c1Cl.Nc1nc(N2CCC3(CC2)Cc2ncccc2[C@H]3N)ccc1Sc1ccnc(N)c1Cl.Nc1nccc([S-])c1Cl.[Na+]. The van der Waals surface area contributed by atoms with E-state index in [4.69, 9.17) is 139 Å². The van der Waals surface area contributed by atoms with Crippen molar-refractivity contribution < 1.29 is 33.8 Å². The first-order valence-electron chi connectivity index (χ1n) is 31.7. The van der Waals surface area contributed by atoms with Crippen molar-refractivity contribution in [2.24, 2.45) is 16.6 Å². The summed E-state index contributed by atoms with van der Waals surface area (Å²) in [5, 5.41) is 2.42. The van der Waals surface area contributed by atoms with Crippen molar-refractivity contribution in [2.75, 3.05) is 81.8 Å². The number of fused-ring (bicyclic) bond motifs is 2. The number of nitrogens with zero attached hydrogens (tertiary/aromatic N) is 12. The number of nitrogens with one attached hydrogen (secondary N) is 1. The third kappa shape index (κ3) is 20.2. The Labute approximate surface area is 689 Å². The van der Waals surface area contributed by atoms with Gasteiger partial charge in [0.25, 0.3) is 0 Å². The average molecular weight is 1740 g/mol. The molecule has 4 aliphatic rings. The molecule has 2 aliphatic heterocycles. The Morgan fingerprint density at radius 2 is 0.865 bits per heavy atom.